The first-order valence-electron chi connectivity index (χ1n) is 11.3. The topological polar surface area (TPSA) is 66.7 Å². The van der Waals surface area contributed by atoms with Crippen LogP contribution in [-0.2, 0) is 4.79 Å². The van der Waals surface area contributed by atoms with Crippen LogP contribution in [0.3, 0.4) is 0 Å². The summed E-state index contributed by atoms with van der Waals surface area (Å²) in [6.45, 7) is 11.2. The quantitative estimate of drug-likeness (QED) is 0.599. The van der Waals surface area contributed by atoms with Gasteiger partial charge >= 0.3 is 0 Å². The minimum Gasteiger partial charge on any atom is -0.337 e. The molecule has 2 amide bonds. The van der Waals surface area contributed by atoms with Crippen molar-refractivity contribution >= 4 is 23.3 Å². The normalized spacial score (nSPS) is 14.7. The number of hydrogen-bond donors (Lipinski definition) is 1. The van der Waals surface area contributed by atoms with E-state index in [1.54, 1.807) is 10.6 Å². The summed E-state index contributed by atoms with van der Waals surface area (Å²) < 4.78 is 1.78. The largest absolute Gasteiger partial charge is 0.337 e. The summed E-state index contributed by atoms with van der Waals surface area (Å²) in [6, 6.07) is 5.52. The van der Waals surface area contributed by atoms with Crippen LogP contribution in [-0.4, -0.2) is 39.2 Å². The number of amides is 2. The Morgan fingerprint density at radius 1 is 1.26 bits per heavy atom. The van der Waals surface area contributed by atoms with Crippen LogP contribution in [0.4, 0.5) is 5.82 Å². The molecule has 0 spiro atoms. The summed E-state index contributed by atoms with van der Waals surface area (Å²) in [5, 5.41) is 2.96. The molecule has 1 fully saturated rings. The SMILES string of the molecule is C/C=C\CC(C)CC(=O)Nc1cccc2nc(C(=O)N3CCCCC3)cn12.C=CCC. The Bertz CT molecular complexity index is 894. The molecule has 168 valence electrons. The predicted octanol–water partition coefficient (Wildman–Crippen LogP) is 5.47. The average Bonchev–Trinajstić information content (AvgIpc) is 3.23. The number of pyridine rings is 1. The maximum absolute atomic E-state index is 12.7. The van der Waals surface area contributed by atoms with Gasteiger partial charge in [0.2, 0.25) is 5.91 Å². The molecule has 3 heterocycles. The van der Waals surface area contributed by atoms with Crippen molar-refractivity contribution < 1.29 is 9.59 Å². The number of nitrogens with one attached hydrogen (secondary N) is 1. The molecule has 1 N–H and O–H groups in total. The number of likely N-dealkylation sites (tertiary alicyclic amines) is 1. The number of aromatic nitrogens is 2. The number of piperidine rings is 1. The van der Waals surface area contributed by atoms with E-state index in [2.05, 4.69) is 36.8 Å². The number of carbonyl (C=O) groups is 2. The van der Waals surface area contributed by atoms with Crippen molar-refractivity contribution in [3.8, 4) is 0 Å². The van der Waals surface area contributed by atoms with E-state index in [0.29, 0.717) is 23.6 Å². The molecule has 31 heavy (non-hydrogen) atoms. The molecule has 3 rings (SSSR count). The molecule has 6 nitrogen and oxygen atoms in total. The van der Waals surface area contributed by atoms with E-state index < -0.39 is 0 Å². The Kier molecular flexibility index (Phi) is 10.0. The summed E-state index contributed by atoms with van der Waals surface area (Å²) in [5.41, 5.74) is 1.09. The molecule has 1 unspecified atom stereocenters. The van der Waals surface area contributed by atoms with Gasteiger partial charge in [0, 0.05) is 25.7 Å². The van der Waals surface area contributed by atoms with Crippen LogP contribution < -0.4 is 5.32 Å². The van der Waals surface area contributed by atoms with Gasteiger partial charge in [-0.05, 0) is 57.1 Å². The highest BCUT2D eigenvalue weighted by Crippen LogP contribution is 2.18. The molecule has 0 saturated carbocycles. The first-order valence-corrected chi connectivity index (χ1v) is 11.3. The van der Waals surface area contributed by atoms with Gasteiger partial charge in [-0.2, -0.15) is 0 Å². The number of imidazole rings is 1. The van der Waals surface area contributed by atoms with Gasteiger partial charge in [-0.25, -0.2) is 4.98 Å². The maximum Gasteiger partial charge on any atom is 0.274 e. The minimum absolute atomic E-state index is 0.0305. The first kappa shape index (κ1) is 24.4. The van der Waals surface area contributed by atoms with Crippen LogP contribution in [0.1, 0.15) is 69.8 Å². The number of nitrogens with zero attached hydrogens (tertiary/aromatic N) is 3. The highest BCUT2D eigenvalue weighted by molar-refractivity contribution is 5.94. The lowest BCUT2D eigenvalue weighted by Crippen LogP contribution is -2.35. The molecule has 2 aromatic rings. The van der Waals surface area contributed by atoms with E-state index >= 15 is 0 Å². The fraction of sp³-hybridized carbons (Fsp3) is 0.480. The smallest absolute Gasteiger partial charge is 0.274 e. The van der Waals surface area contributed by atoms with Crippen LogP contribution in [0.15, 0.2) is 49.2 Å². The third-order valence-electron chi connectivity index (χ3n) is 5.22. The van der Waals surface area contributed by atoms with Crippen molar-refractivity contribution in [2.24, 2.45) is 5.92 Å². The van der Waals surface area contributed by atoms with Gasteiger partial charge in [-0.3, -0.25) is 14.0 Å². The summed E-state index contributed by atoms with van der Waals surface area (Å²) in [4.78, 5) is 31.4. The van der Waals surface area contributed by atoms with E-state index in [-0.39, 0.29) is 17.7 Å². The third-order valence-corrected chi connectivity index (χ3v) is 5.22. The second kappa shape index (κ2) is 12.7. The summed E-state index contributed by atoms with van der Waals surface area (Å²) in [6.07, 6.45) is 13.4. The molecule has 0 bridgehead atoms. The van der Waals surface area contributed by atoms with Crippen molar-refractivity contribution in [2.75, 3.05) is 18.4 Å². The fourth-order valence-corrected chi connectivity index (χ4v) is 3.44. The lowest BCUT2D eigenvalue weighted by atomic mass is 10.0. The lowest BCUT2D eigenvalue weighted by Gasteiger charge is -2.25. The van der Waals surface area contributed by atoms with Gasteiger partial charge in [-0.1, -0.05) is 38.1 Å². The molecule has 6 heteroatoms. The van der Waals surface area contributed by atoms with Crippen molar-refractivity contribution in [1.82, 2.24) is 14.3 Å². The van der Waals surface area contributed by atoms with Crippen LogP contribution in [0.2, 0.25) is 0 Å². The molecule has 1 atom stereocenters. The molecule has 1 aliphatic rings. The average molecular weight is 425 g/mol. The van der Waals surface area contributed by atoms with Crippen molar-refractivity contribution in [3.05, 3.63) is 54.9 Å². The lowest BCUT2D eigenvalue weighted by molar-refractivity contribution is -0.117. The van der Waals surface area contributed by atoms with Crippen molar-refractivity contribution in [3.63, 3.8) is 0 Å². The zero-order valence-electron chi connectivity index (χ0n) is 19.1. The van der Waals surface area contributed by atoms with Gasteiger partial charge < -0.3 is 10.2 Å². The number of hydrogen-bond acceptors (Lipinski definition) is 3. The number of fused-ring (bicyclic) bond motifs is 1. The number of allylic oxidation sites excluding steroid dienone is 3. The van der Waals surface area contributed by atoms with Crippen LogP contribution in [0, 0.1) is 5.92 Å². The minimum atomic E-state index is -0.0318. The van der Waals surface area contributed by atoms with Crippen LogP contribution >= 0.6 is 0 Å². The fourth-order valence-electron chi connectivity index (χ4n) is 3.44. The summed E-state index contributed by atoms with van der Waals surface area (Å²) >= 11 is 0. The maximum atomic E-state index is 12.7. The van der Waals surface area contributed by atoms with Crippen molar-refractivity contribution in [1.29, 1.82) is 0 Å². The van der Waals surface area contributed by atoms with Crippen molar-refractivity contribution in [2.45, 2.75) is 59.3 Å². The Labute approximate surface area is 186 Å². The first-order chi connectivity index (χ1) is 15.0. The van der Waals surface area contributed by atoms with Gasteiger partial charge in [-0.15, -0.1) is 6.58 Å². The molecule has 0 aliphatic carbocycles. The van der Waals surface area contributed by atoms with Crippen LogP contribution in [0.5, 0.6) is 0 Å². The zero-order chi connectivity index (χ0) is 22.6. The predicted molar refractivity (Wildman–Crippen MR) is 127 cm³/mol. The van der Waals surface area contributed by atoms with E-state index in [1.807, 2.05) is 42.2 Å². The number of carbonyl (C=O) groups excluding carboxylic acids is 2. The Hall–Kier alpha value is -2.89. The molecular weight excluding hydrogens is 388 g/mol. The standard InChI is InChI=1S/C21H28N4O2.C4H8/c1-3-4-9-16(2)14-20(26)23-19-11-8-10-18-22-17(15-25(18)19)21(27)24-12-6-5-7-13-24;1-3-4-2/h3-4,8,10-11,15-16H,5-7,9,12-14H2,1-2H3,(H,23,26);3H,1,4H2,2H3/b4-3-;. The van der Waals surface area contributed by atoms with E-state index in [4.69, 9.17) is 0 Å². The van der Waals surface area contributed by atoms with E-state index in [9.17, 15) is 9.59 Å². The van der Waals surface area contributed by atoms with Gasteiger partial charge in [0.1, 0.15) is 17.2 Å². The number of rotatable bonds is 7. The molecule has 2 aromatic heterocycles. The van der Waals surface area contributed by atoms with Crippen LogP contribution in [0.25, 0.3) is 5.65 Å². The van der Waals surface area contributed by atoms with Gasteiger partial charge in [0.25, 0.3) is 5.91 Å². The van der Waals surface area contributed by atoms with Gasteiger partial charge in [0.15, 0.2) is 0 Å². The zero-order valence-corrected chi connectivity index (χ0v) is 19.1. The number of anilines is 1. The molecular formula is C25H36N4O2. The summed E-state index contributed by atoms with van der Waals surface area (Å²) in [7, 11) is 0. The molecule has 1 saturated heterocycles. The highest BCUT2D eigenvalue weighted by Gasteiger charge is 2.21. The Morgan fingerprint density at radius 2 is 1.97 bits per heavy atom. The molecule has 0 radical (unpaired) electrons. The Morgan fingerprint density at radius 3 is 2.61 bits per heavy atom. The van der Waals surface area contributed by atoms with Gasteiger partial charge in [0.05, 0.1) is 0 Å². The summed E-state index contributed by atoms with van der Waals surface area (Å²) in [5.74, 6) is 0.855. The highest BCUT2D eigenvalue weighted by atomic mass is 16.2. The van der Waals surface area contributed by atoms with E-state index in [0.717, 1.165) is 38.8 Å². The Balaban J connectivity index is 0.000000785. The monoisotopic (exact) mass is 424 g/mol. The second-order valence-electron chi connectivity index (χ2n) is 7.98. The third kappa shape index (κ3) is 7.39. The molecule has 1 aliphatic heterocycles. The molecule has 0 aromatic carbocycles. The van der Waals surface area contributed by atoms with E-state index in [1.165, 1.54) is 6.42 Å². The second-order valence-corrected chi connectivity index (χ2v) is 7.98.